The maximum absolute atomic E-state index is 13.2. The molecule has 1 N–H and O–H groups in total. The van der Waals surface area contributed by atoms with Gasteiger partial charge in [0.15, 0.2) is 0 Å². The Kier molecular flexibility index (Phi) is 8.82. The molecule has 0 radical (unpaired) electrons. The summed E-state index contributed by atoms with van der Waals surface area (Å²) in [6.45, 7) is 7.56. The van der Waals surface area contributed by atoms with Gasteiger partial charge in [-0.05, 0) is 81.3 Å². The van der Waals surface area contributed by atoms with Gasteiger partial charge < -0.3 is 19.2 Å². The lowest BCUT2D eigenvalue weighted by atomic mass is 9.83. The molecule has 2 fully saturated rings. The van der Waals surface area contributed by atoms with E-state index in [1.165, 1.54) is 45.2 Å². The molecule has 0 amide bonds. The van der Waals surface area contributed by atoms with Crippen molar-refractivity contribution < 1.29 is 14.3 Å². The van der Waals surface area contributed by atoms with Gasteiger partial charge in [0.25, 0.3) is 0 Å². The molecular formula is C32H42N2O4. The van der Waals surface area contributed by atoms with Gasteiger partial charge in [-0.2, -0.15) is 0 Å². The van der Waals surface area contributed by atoms with E-state index in [1.807, 2.05) is 43.3 Å². The second kappa shape index (κ2) is 12.5. The van der Waals surface area contributed by atoms with Gasteiger partial charge in [-0.15, -0.1) is 0 Å². The van der Waals surface area contributed by atoms with Crippen LogP contribution in [-0.4, -0.2) is 60.8 Å². The van der Waals surface area contributed by atoms with E-state index < -0.39 is 0 Å². The molecule has 38 heavy (non-hydrogen) atoms. The smallest absolute Gasteiger partial charge is 0.340 e. The van der Waals surface area contributed by atoms with Crippen molar-refractivity contribution in [3.05, 3.63) is 75.1 Å². The second-order valence-corrected chi connectivity index (χ2v) is 11.2. The predicted octanol–water partition coefficient (Wildman–Crippen LogP) is 5.50. The van der Waals surface area contributed by atoms with Crippen LogP contribution in [0, 0.1) is 12.8 Å². The second-order valence-electron chi connectivity index (χ2n) is 11.2. The molecule has 1 aromatic heterocycles. The molecule has 0 aliphatic carbocycles. The van der Waals surface area contributed by atoms with Gasteiger partial charge in [0.05, 0.1) is 5.56 Å². The van der Waals surface area contributed by atoms with Crippen molar-refractivity contribution in [3.8, 4) is 5.75 Å². The summed E-state index contributed by atoms with van der Waals surface area (Å²) in [7, 11) is 1.74. The van der Waals surface area contributed by atoms with Crippen LogP contribution >= 0.6 is 0 Å². The standard InChI is InChI=1S/C32H42N2O4/c1-23-26-14-15-30(35)28(31(26)38-32(36)27(23)20-24-10-4-3-5-11-24)22-33(16-9-19-37-2)21-25-12-8-18-34-17-7-6-13-29(25)34/h3-5,10-11,14-15,25,29,35H,6-9,12-13,16-22H2,1-2H3. The quantitative estimate of drug-likeness (QED) is 0.282. The van der Waals surface area contributed by atoms with E-state index in [-0.39, 0.29) is 11.4 Å². The maximum Gasteiger partial charge on any atom is 0.340 e. The molecule has 0 saturated carbocycles. The van der Waals surface area contributed by atoms with Crippen LogP contribution in [0.5, 0.6) is 5.75 Å². The Balaban J connectivity index is 1.44. The molecule has 0 spiro atoms. The summed E-state index contributed by atoms with van der Waals surface area (Å²) in [4.78, 5) is 18.4. The first-order chi connectivity index (χ1) is 18.5. The number of nitrogens with zero attached hydrogens (tertiary/aromatic N) is 2. The fourth-order valence-corrected chi connectivity index (χ4v) is 6.67. The summed E-state index contributed by atoms with van der Waals surface area (Å²) < 4.78 is 11.3. The SMILES string of the molecule is COCCCN(Cc1c(O)ccc2c(C)c(Cc3ccccc3)c(=O)oc12)CC1CCCN2CCCCC12. The first-order valence-corrected chi connectivity index (χ1v) is 14.3. The number of aromatic hydroxyl groups is 1. The number of phenolic OH excluding ortho intramolecular Hbond substituents is 1. The molecule has 204 valence electrons. The first kappa shape index (κ1) is 26.9. The molecule has 2 aromatic carbocycles. The Morgan fingerprint density at radius 3 is 2.68 bits per heavy atom. The number of aryl methyl sites for hydroxylation is 1. The number of rotatable bonds is 10. The van der Waals surface area contributed by atoms with Gasteiger partial charge in [0, 0.05) is 56.8 Å². The largest absolute Gasteiger partial charge is 0.507 e. The van der Waals surface area contributed by atoms with Crippen molar-refractivity contribution in [2.75, 3.05) is 39.9 Å². The molecule has 3 heterocycles. The normalized spacial score (nSPS) is 20.2. The van der Waals surface area contributed by atoms with Crippen LogP contribution in [0.15, 0.2) is 51.7 Å². The summed E-state index contributed by atoms with van der Waals surface area (Å²) in [6.07, 6.45) is 7.88. The third-order valence-electron chi connectivity index (χ3n) is 8.68. The number of fused-ring (bicyclic) bond motifs is 2. The molecule has 5 rings (SSSR count). The maximum atomic E-state index is 13.2. The Morgan fingerprint density at radius 1 is 1.05 bits per heavy atom. The highest BCUT2D eigenvalue weighted by atomic mass is 16.5. The molecule has 2 unspecified atom stereocenters. The van der Waals surface area contributed by atoms with E-state index in [0.29, 0.717) is 48.2 Å². The average molecular weight is 519 g/mol. The molecule has 2 aliphatic heterocycles. The third-order valence-corrected chi connectivity index (χ3v) is 8.68. The fraction of sp³-hybridized carbons (Fsp3) is 0.531. The lowest BCUT2D eigenvalue weighted by Gasteiger charge is -2.45. The van der Waals surface area contributed by atoms with E-state index in [1.54, 1.807) is 13.2 Å². The molecule has 2 aliphatic rings. The van der Waals surface area contributed by atoms with E-state index in [4.69, 9.17) is 9.15 Å². The van der Waals surface area contributed by atoms with Crippen LogP contribution in [-0.2, 0) is 17.7 Å². The van der Waals surface area contributed by atoms with Gasteiger partial charge in [-0.3, -0.25) is 4.90 Å². The zero-order valence-electron chi connectivity index (χ0n) is 23.0. The zero-order chi connectivity index (χ0) is 26.5. The number of piperidine rings is 2. The Hall–Kier alpha value is -2.67. The fourth-order valence-electron chi connectivity index (χ4n) is 6.67. The molecule has 2 atom stereocenters. The average Bonchev–Trinajstić information content (AvgIpc) is 2.93. The first-order valence-electron chi connectivity index (χ1n) is 14.3. The number of hydrogen-bond donors (Lipinski definition) is 1. The Morgan fingerprint density at radius 2 is 1.87 bits per heavy atom. The van der Waals surface area contributed by atoms with E-state index in [0.717, 1.165) is 36.0 Å². The zero-order valence-corrected chi connectivity index (χ0v) is 23.0. The highest BCUT2D eigenvalue weighted by Crippen LogP contribution is 2.34. The van der Waals surface area contributed by atoms with Crippen molar-refractivity contribution in [2.24, 2.45) is 5.92 Å². The van der Waals surface area contributed by atoms with Crippen LogP contribution in [0.25, 0.3) is 11.0 Å². The topological polar surface area (TPSA) is 66.2 Å². The van der Waals surface area contributed by atoms with Crippen molar-refractivity contribution in [3.63, 3.8) is 0 Å². The van der Waals surface area contributed by atoms with Gasteiger partial charge in [0.2, 0.25) is 0 Å². The van der Waals surface area contributed by atoms with Crippen LogP contribution < -0.4 is 5.63 Å². The lowest BCUT2D eigenvalue weighted by Crippen LogP contribution is -2.51. The predicted molar refractivity (Wildman–Crippen MR) is 152 cm³/mol. The number of ether oxygens (including phenoxy) is 1. The van der Waals surface area contributed by atoms with E-state index in [9.17, 15) is 9.90 Å². The molecule has 0 bridgehead atoms. The summed E-state index contributed by atoms with van der Waals surface area (Å²) in [5, 5.41) is 11.9. The Bertz CT molecular complexity index is 1270. The van der Waals surface area contributed by atoms with Crippen molar-refractivity contribution in [2.45, 2.75) is 64.5 Å². The van der Waals surface area contributed by atoms with E-state index in [2.05, 4.69) is 9.80 Å². The summed E-state index contributed by atoms with van der Waals surface area (Å²) in [5.41, 5.74) is 3.59. The van der Waals surface area contributed by atoms with Crippen molar-refractivity contribution >= 4 is 11.0 Å². The van der Waals surface area contributed by atoms with Crippen LogP contribution in [0.3, 0.4) is 0 Å². The monoisotopic (exact) mass is 518 g/mol. The summed E-state index contributed by atoms with van der Waals surface area (Å²) >= 11 is 0. The Labute approximate surface area is 226 Å². The van der Waals surface area contributed by atoms with Gasteiger partial charge in [-0.25, -0.2) is 4.79 Å². The highest BCUT2D eigenvalue weighted by Gasteiger charge is 2.34. The minimum Gasteiger partial charge on any atom is -0.507 e. The number of hydrogen-bond acceptors (Lipinski definition) is 6. The molecule has 6 heteroatoms. The highest BCUT2D eigenvalue weighted by molar-refractivity contribution is 5.85. The lowest BCUT2D eigenvalue weighted by molar-refractivity contribution is 0.0372. The summed E-state index contributed by atoms with van der Waals surface area (Å²) in [6, 6.07) is 14.3. The van der Waals surface area contributed by atoms with Gasteiger partial charge >= 0.3 is 5.63 Å². The number of phenols is 1. The van der Waals surface area contributed by atoms with Crippen molar-refractivity contribution in [1.29, 1.82) is 0 Å². The summed E-state index contributed by atoms with van der Waals surface area (Å²) in [5.74, 6) is 0.811. The minimum atomic E-state index is -0.318. The molecule has 6 nitrogen and oxygen atoms in total. The molecule has 3 aromatic rings. The van der Waals surface area contributed by atoms with Crippen LogP contribution in [0.2, 0.25) is 0 Å². The van der Waals surface area contributed by atoms with Crippen LogP contribution in [0.4, 0.5) is 0 Å². The number of benzene rings is 2. The third kappa shape index (κ3) is 5.98. The molecule has 2 saturated heterocycles. The number of methoxy groups -OCH3 is 1. The van der Waals surface area contributed by atoms with Crippen LogP contribution in [0.1, 0.15) is 60.8 Å². The molecular weight excluding hydrogens is 476 g/mol. The van der Waals surface area contributed by atoms with Gasteiger partial charge in [-0.1, -0.05) is 36.8 Å². The van der Waals surface area contributed by atoms with Crippen molar-refractivity contribution in [1.82, 2.24) is 9.80 Å². The minimum absolute atomic E-state index is 0.190. The van der Waals surface area contributed by atoms with E-state index >= 15 is 0 Å². The van der Waals surface area contributed by atoms with Gasteiger partial charge in [0.1, 0.15) is 11.3 Å².